The Kier molecular flexibility index (Phi) is 5.65. The van der Waals surface area contributed by atoms with Gasteiger partial charge in [0.2, 0.25) is 10.0 Å². The minimum atomic E-state index is -3.33. The van der Waals surface area contributed by atoms with E-state index in [2.05, 4.69) is 38.6 Å². The largest absolute Gasteiger partial charge is 0.350 e. The van der Waals surface area contributed by atoms with E-state index in [0.29, 0.717) is 10.5 Å². The van der Waals surface area contributed by atoms with Crippen molar-refractivity contribution in [3.63, 3.8) is 0 Å². The highest BCUT2D eigenvalue weighted by atomic mass is 79.9. The molecule has 112 valence electrons. The van der Waals surface area contributed by atoms with Crippen molar-refractivity contribution in [2.24, 2.45) is 0 Å². The Balaban J connectivity index is 2.72. The molecule has 0 aromatic heterocycles. The average Bonchev–Trinajstić information content (AvgIpc) is 2.22. The number of nitrogens with one attached hydrogen (secondary N) is 2. The molecule has 8 heteroatoms. The van der Waals surface area contributed by atoms with E-state index >= 15 is 0 Å². The van der Waals surface area contributed by atoms with Crippen LogP contribution in [0, 0.1) is 0 Å². The maximum absolute atomic E-state index is 12.0. The minimum Gasteiger partial charge on any atom is -0.350 e. The van der Waals surface area contributed by atoms with Crippen LogP contribution < -0.4 is 10.0 Å². The Hall–Kier alpha value is -0.570. The second-order valence-electron chi connectivity index (χ2n) is 5.10. The van der Waals surface area contributed by atoms with E-state index in [1.54, 1.807) is 32.0 Å². The summed E-state index contributed by atoms with van der Waals surface area (Å²) in [4.78, 5) is 12.6. The highest BCUT2D eigenvalue weighted by Gasteiger charge is 2.23. The monoisotopic (exact) mass is 380 g/mol. The molecule has 0 aliphatic carbocycles. The van der Waals surface area contributed by atoms with Crippen LogP contribution in [0.3, 0.4) is 0 Å². The Labute approximate surface area is 133 Å². The fourth-order valence-electron chi connectivity index (χ4n) is 1.63. The van der Waals surface area contributed by atoms with Gasteiger partial charge in [0, 0.05) is 21.5 Å². The van der Waals surface area contributed by atoms with Crippen LogP contribution in [0.15, 0.2) is 27.6 Å². The lowest BCUT2D eigenvalue weighted by molar-refractivity contribution is 0.0941. The first-order chi connectivity index (χ1) is 9.00. The lowest BCUT2D eigenvalue weighted by Gasteiger charge is -2.25. The van der Waals surface area contributed by atoms with E-state index in [4.69, 9.17) is 0 Å². The molecule has 0 aliphatic heterocycles. The van der Waals surface area contributed by atoms with Crippen molar-refractivity contribution in [3.8, 4) is 0 Å². The van der Waals surface area contributed by atoms with Gasteiger partial charge in [-0.25, -0.2) is 13.1 Å². The van der Waals surface area contributed by atoms with Crippen LogP contribution in [0.1, 0.15) is 24.2 Å². The molecular formula is C12H17BrN2O3S2. The van der Waals surface area contributed by atoms with Crippen molar-refractivity contribution in [2.45, 2.75) is 24.3 Å². The number of thiol groups is 1. The highest BCUT2D eigenvalue weighted by Crippen LogP contribution is 2.19. The van der Waals surface area contributed by atoms with Gasteiger partial charge in [0.15, 0.2) is 0 Å². The maximum Gasteiger partial charge on any atom is 0.252 e. The SMILES string of the molecule is CC(C)(CNC(=O)c1ccc(Br)cc1S)NS(C)(=O)=O. The van der Waals surface area contributed by atoms with Crippen molar-refractivity contribution < 1.29 is 13.2 Å². The Morgan fingerprint density at radius 1 is 1.40 bits per heavy atom. The quantitative estimate of drug-likeness (QED) is 0.681. The number of hydrogen-bond donors (Lipinski definition) is 3. The van der Waals surface area contributed by atoms with E-state index in [-0.39, 0.29) is 12.5 Å². The van der Waals surface area contributed by atoms with Gasteiger partial charge in [-0.1, -0.05) is 15.9 Å². The van der Waals surface area contributed by atoms with Gasteiger partial charge in [-0.15, -0.1) is 12.6 Å². The molecule has 1 rings (SSSR count). The lowest BCUT2D eigenvalue weighted by atomic mass is 10.1. The molecule has 1 aromatic rings. The maximum atomic E-state index is 12.0. The smallest absolute Gasteiger partial charge is 0.252 e. The van der Waals surface area contributed by atoms with Crippen LogP contribution in [-0.2, 0) is 10.0 Å². The summed E-state index contributed by atoms with van der Waals surface area (Å²) in [5.74, 6) is -0.300. The summed E-state index contributed by atoms with van der Waals surface area (Å²) in [6.45, 7) is 3.55. The topological polar surface area (TPSA) is 75.3 Å². The molecular weight excluding hydrogens is 364 g/mol. The summed E-state index contributed by atoms with van der Waals surface area (Å²) in [5, 5.41) is 2.69. The number of carbonyl (C=O) groups is 1. The molecule has 0 atom stereocenters. The number of benzene rings is 1. The van der Waals surface area contributed by atoms with Gasteiger partial charge < -0.3 is 5.32 Å². The van der Waals surface area contributed by atoms with Gasteiger partial charge in [-0.2, -0.15) is 0 Å². The number of sulfonamides is 1. The number of amides is 1. The fourth-order valence-corrected chi connectivity index (χ4v) is 3.56. The first-order valence-corrected chi connectivity index (χ1v) is 8.89. The fraction of sp³-hybridized carbons (Fsp3) is 0.417. The van der Waals surface area contributed by atoms with Crippen LogP contribution in [0.4, 0.5) is 0 Å². The van der Waals surface area contributed by atoms with Crippen molar-refractivity contribution >= 4 is 44.5 Å². The van der Waals surface area contributed by atoms with E-state index in [1.165, 1.54) is 0 Å². The predicted octanol–water partition coefficient (Wildman–Crippen LogP) is 1.80. The van der Waals surface area contributed by atoms with Crippen LogP contribution in [-0.4, -0.2) is 32.7 Å². The molecule has 0 aliphatic rings. The number of halogens is 1. The van der Waals surface area contributed by atoms with Crippen LogP contribution in [0.2, 0.25) is 0 Å². The zero-order chi connectivity index (χ0) is 15.6. The summed E-state index contributed by atoms with van der Waals surface area (Å²) in [5.41, 5.74) is -0.332. The molecule has 2 N–H and O–H groups in total. The molecule has 0 fully saturated rings. The van der Waals surface area contributed by atoms with Crippen LogP contribution in [0.5, 0.6) is 0 Å². The molecule has 20 heavy (non-hydrogen) atoms. The molecule has 5 nitrogen and oxygen atoms in total. The molecule has 1 aromatic carbocycles. The van der Waals surface area contributed by atoms with Crippen molar-refractivity contribution in [1.29, 1.82) is 0 Å². The second kappa shape index (κ2) is 6.46. The molecule has 0 radical (unpaired) electrons. The standard InChI is InChI=1S/C12H17BrN2O3S2/c1-12(2,15-20(3,17)18)7-14-11(16)9-5-4-8(13)6-10(9)19/h4-6,15,19H,7H2,1-3H3,(H,14,16). The second-order valence-corrected chi connectivity index (χ2v) is 8.25. The molecule has 1 amide bonds. The van der Waals surface area contributed by atoms with Crippen LogP contribution in [0.25, 0.3) is 0 Å². The first kappa shape index (κ1) is 17.5. The Morgan fingerprint density at radius 2 is 2.00 bits per heavy atom. The summed E-state index contributed by atoms with van der Waals surface area (Å²) in [6, 6.07) is 5.12. The van der Waals surface area contributed by atoms with Crippen molar-refractivity contribution in [3.05, 3.63) is 28.2 Å². The molecule has 0 saturated carbocycles. The normalized spacial score (nSPS) is 12.2. The van der Waals surface area contributed by atoms with Gasteiger partial charge in [0.25, 0.3) is 5.91 Å². The van der Waals surface area contributed by atoms with E-state index in [9.17, 15) is 13.2 Å². The Morgan fingerprint density at radius 3 is 2.50 bits per heavy atom. The predicted molar refractivity (Wildman–Crippen MR) is 85.8 cm³/mol. The minimum absolute atomic E-state index is 0.169. The van der Waals surface area contributed by atoms with Gasteiger partial charge >= 0.3 is 0 Å². The number of carbonyl (C=O) groups excluding carboxylic acids is 1. The van der Waals surface area contributed by atoms with Gasteiger partial charge in [0.1, 0.15) is 0 Å². The zero-order valence-corrected chi connectivity index (χ0v) is 14.7. The third kappa shape index (κ3) is 5.82. The summed E-state index contributed by atoms with van der Waals surface area (Å²) in [6.07, 6.45) is 1.08. The van der Waals surface area contributed by atoms with Crippen molar-refractivity contribution in [1.82, 2.24) is 10.0 Å². The zero-order valence-electron chi connectivity index (χ0n) is 11.4. The molecule has 0 spiro atoms. The lowest BCUT2D eigenvalue weighted by Crippen LogP contribution is -2.51. The van der Waals surface area contributed by atoms with E-state index in [0.717, 1.165) is 10.7 Å². The van der Waals surface area contributed by atoms with Gasteiger partial charge in [-0.3, -0.25) is 4.79 Å². The summed E-state index contributed by atoms with van der Waals surface area (Å²) >= 11 is 7.53. The molecule has 0 heterocycles. The first-order valence-electron chi connectivity index (χ1n) is 5.76. The summed E-state index contributed by atoms with van der Waals surface area (Å²) in [7, 11) is -3.33. The van der Waals surface area contributed by atoms with Crippen LogP contribution >= 0.6 is 28.6 Å². The van der Waals surface area contributed by atoms with E-state index < -0.39 is 15.6 Å². The highest BCUT2D eigenvalue weighted by molar-refractivity contribution is 9.10. The third-order valence-corrected chi connectivity index (χ3v) is 4.14. The number of rotatable bonds is 5. The average molecular weight is 381 g/mol. The Bertz CT molecular complexity index is 615. The van der Waals surface area contributed by atoms with E-state index in [1.807, 2.05) is 0 Å². The molecule has 0 saturated heterocycles. The third-order valence-electron chi connectivity index (χ3n) is 2.36. The molecule has 0 unspecified atom stereocenters. The molecule has 0 bridgehead atoms. The van der Waals surface area contributed by atoms with Crippen molar-refractivity contribution in [2.75, 3.05) is 12.8 Å². The van der Waals surface area contributed by atoms with Gasteiger partial charge in [-0.05, 0) is 32.0 Å². The van der Waals surface area contributed by atoms with Gasteiger partial charge in [0.05, 0.1) is 11.8 Å². The summed E-state index contributed by atoms with van der Waals surface area (Å²) < 4.78 is 25.7. The number of hydrogen-bond acceptors (Lipinski definition) is 4.